The van der Waals surface area contributed by atoms with Crippen LogP contribution in [-0.4, -0.2) is 15.0 Å². The molecule has 0 unspecified atom stereocenters. The molecule has 0 saturated heterocycles. The third-order valence-electron chi connectivity index (χ3n) is 4.26. The van der Waals surface area contributed by atoms with Crippen molar-refractivity contribution in [2.24, 2.45) is 5.92 Å². The van der Waals surface area contributed by atoms with E-state index in [1.165, 1.54) is 12.5 Å². The molecular weight excluding hydrogens is 291 g/mol. The Labute approximate surface area is 126 Å². The van der Waals surface area contributed by atoms with Gasteiger partial charge in [0.25, 0.3) is 0 Å². The molecule has 21 heavy (non-hydrogen) atoms. The standard InChI is InChI=1S/C15H23FN2O2S/c1-10-8-13(16)14(17)11(2)15(10)21(19,20)18-9-12-6-4-3-5-7-12/h8,12,18H,3-7,9,17H2,1-2H3. The highest BCUT2D eigenvalue weighted by molar-refractivity contribution is 7.89. The van der Waals surface area contributed by atoms with Gasteiger partial charge in [0.1, 0.15) is 5.82 Å². The van der Waals surface area contributed by atoms with Gasteiger partial charge in [-0.15, -0.1) is 0 Å². The van der Waals surface area contributed by atoms with Gasteiger partial charge < -0.3 is 5.73 Å². The van der Waals surface area contributed by atoms with E-state index in [0.29, 0.717) is 18.0 Å². The number of nitrogens with one attached hydrogen (secondary N) is 1. The normalized spacial score (nSPS) is 17.1. The van der Waals surface area contributed by atoms with Gasteiger partial charge in [-0.1, -0.05) is 19.3 Å². The minimum absolute atomic E-state index is 0.0985. The molecule has 0 spiro atoms. The lowest BCUT2D eigenvalue weighted by atomic mass is 9.90. The lowest BCUT2D eigenvalue weighted by Crippen LogP contribution is -2.31. The molecule has 3 N–H and O–H groups in total. The van der Waals surface area contributed by atoms with Gasteiger partial charge in [-0.05, 0) is 49.8 Å². The Bertz CT molecular complexity index is 623. The van der Waals surface area contributed by atoms with E-state index in [9.17, 15) is 12.8 Å². The highest BCUT2D eigenvalue weighted by atomic mass is 32.2. The lowest BCUT2D eigenvalue weighted by Gasteiger charge is -2.22. The summed E-state index contributed by atoms with van der Waals surface area (Å²) in [6.07, 6.45) is 5.68. The first-order chi connectivity index (χ1) is 9.83. The first kappa shape index (κ1) is 16.2. The van der Waals surface area contributed by atoms with Crippen LogP contribution in [0.3, 0.4) is 0 Å². The summed E-state index contributed by atoms with van der Waals surface area (Å²) in [5.74, 6) is -0.178. The highest BCUT2D eigenvalue weighted by Gasteiger charge is 2.24. The molecule has 0 atom stereocenters. The van der Waals surface area contributed by atoms with Crippen molar-refractivity contribution in [1.82, 2.24) is 4.72 Å². The second kappa shape index (κ2) is 6.32. The van der Waals surface area contributed by atoms with Crippen LogP contribution in [0.15, 0.2) is 11.0 Å². The van der Waals surface area contributed by atoms with Crippen LogP contribution in [0.5, 0.6) is 0 Å². The monoisotopic (exact) mass is 314 g/mol. The number of nitrogens with two attached hydrogens (primary N) is 1. The van der Waals surface area contributed by atoms with Crippen molar-refractivity contribution in [2.45, 2.75) is 50.8 Å². The van der Waals surface area contributed by atoms with E-state index in [-0.39, 0.29) is 16.1 Å². The zero-order valence-corrected chi connectivity index (χ0v) is 13.4. The molecule has 0 aromatic heterocycles. The molecule has 1 aromatic carbocycles. The van der Waals surface area contributed by atoms with Crippen LogP contribution in [0.2, 0.25) is 0 Å². The van der Waals surface area contributed by atoms with Crippen molar-refractivity contribution in [3.8, 4) is 0 Å². The van der Waals surface area contributed by atoms with E-state index >= 15 is 0 Å². The average molecular weight is 314 g/mol. The van der Waals surface area contributed by atoms with Crippen molar-refractivity contribution in [1.29, 1.82) is 0 Å². The van der Waals surface area contributed by atoms with E-state index < -0.39 is 15.8 Å². The van der Waals surface area contributed by atoms with Crippen molar-refractivity contribution >= 4 is 15.7 Å². The van der Waals surface area contributed by atoms with Gasteiger partial charge in [0, 0.05) is 6.54 Å². The molecule has 0 aliphatic heterocycles. The first-order valence-electron chi connectivity index (χ1n) is 7.37. The predicted molar refractivity (Wildman–Crippen MR) is 82.0 cm³/mol. The third kappa shape index (κ3) is 3.55. The predicted octanol–water partition coefficient (Wildman–Crippen LogP) is 2.88. The van der Waals surface area contributed by atoms with Crippen LogP contribution >= 0.6 is 0 Å². The van der Waals surface area contributed by atoms with Crippen LogP contribution in [0.1, 0.15) is 43.2 Å². The minimum atomic E-state index is -3.66. The maximum absolute atomic E-state index is 13.5. The Morgan fingerprint density at radius 1 is 1.29 bits per heavy atom. The van der Waals surface area contributed by atoms with Crippen molar-refractivity contribution < 1.29 is 12.8 Å². The molecule has 0 heterocycles. The molecule has 1 saturated carbocycles. The fourth-order valence-corrected chi connectivity index (χ4v) is 4.63. The number of aryl methyl sites for hydroxylation is 1. The Balaban J connectivity index is 2.21. The number of sulfonamides is 1. The molecule has 2 rings (SSSR count). The van der Waals surface area contributed by atoms with Crippen molar-refractivity contribution in [3.05, 3.63) is 23.0 Å². The summed E-state index contributed by atoms with van der Waals surface area (Å²) in [5.41, 5.74) is 6.19. The molecule has 0 bridgehead atoms. The fraction of sp³-hybridized carbons (Fsp3) is 0.600. The number of hydrogen-bond acceptors (Lipinski definition) is 3. The second-order valence-corrected chi connectivity index (χ2v) is 7.60. The molecule has 0 amide bonds. The Morgan fingerprint density at radius 2 is 1.90 bits per heavy atom. The van der Waals surface area contributed by atoms with E-state index in [2.05, 4.69) is 4.72 Å². The third-order valence-corrected chi connectivity index (χ3v) is 5.97. The lowest BCUT2D eigenvalue weighted by molar-refractivity contribution is 0.357. The van der Waals surface area contributed by atoms with Crippen LogP contribution in [0.25, 0.3) is 0 Å². The summed E-state index contributed by atoms with van der Waals surface area (Å²) in [7, 11) is -3.66. The molecule has 6 heteroatoms. The van der Waals surface area contributed by atoms with Crippen LogP contribution < -0.4 is 10.5 Å². The number of benzene rings is 1. The molecule has 118 valence electrons. The number of rotatable bonds is 4. The van der Waals surface area contributed by atoms with Gasteiger partial charge in [0.2, 0.25) is 10.0 Å². The molecule has 1 aromatic rings. The molecule has 1 aliphatic carbocycles. The van der Waals surface area contributed by atoms with Gasteiger partial charge in [-0.25, -0.2) is 17.5 Å². The molecule has 1 aliphatic rings. The Kier molecular flexibility index (Phi) is 4.88. The van der Waals surface area contributed by atoms with Crippen molar-refractivity contribution in [2.75, 3.05) is 12.3 Å². The van der Waals surface area contributed by atoms with E-state index in [4.69, 9.17) is 5.73 Å². The fourth-order valence-electron chi connectivity index (χ4n) is 3.04. The maximum atomic E-state index is 13.5. The van der Waals surface area contributed by atoms with Crippen LogP contribution in [0.4, 0.5) is 10.1 Å². The quantitative estimate of drug-likeness (QED) is 0.839. The summed E-state index contributed by atoms with van der Waals surface area (Å²) in [5, 5.41) is 0. The first-order valence-corrected chi connectivity index (χ1v) is 8.86. The number of anilines is 1. The van der Waals surface area contributed by atoms with Gasteiger partial charge in [-0.3, -0.25) is 0 Å². The van der Waals surface area contributed by atoms with E-state index in [0.717, 1.165) is 25.7 Å². The van der Waals surface area contributed by atoms with Gasteiger partial charge in [0.15, 0.2) is 0 Å². The smallest absolute Gasteiger partial charge is 0.241 e. The number of hydrogen-bond donors (Lipinski definition) is 2. The number of halogens is 1. The summed E-state index contributed by atoms with van der Waals surface area (Å²) < 4.78 is 41.2. The van der Waals surface area contributed by atoms with E-state index in [1.807, 2.05) is 0 Å². The Morgan fingerprint density at radius 3 is 2.52 bits per heavy atom. The zero-order valence-electron chi connectivity index (χ0n) is 12.6. The largest absolute Gasteiger partial charge is 0.396 e. The SMILES string of the molecule is Cc1cc(F)c(N)c(C)c1S(=O)(=O)NCC1CCCCC1. The average Bonchev–Trinajstić information content (AvgIpc) is 2.44. The maximum Gasteiger partial charge on any atom is 0.241 e. The van der Waals surface area contributed by atoms with Gasteiger partial charge >= 0.3 is 0 Å². The molecule has 1 fully saturated rings. The van der Waals surface area contributed by atoms with Crippen LogP contribution in [0, 0.1) is 25.6 Å². The number of nitrogen functional groups attached to an aromatic ring is 1. The minimum Gasteiger partial charge on any atom is -0.396 e. The summed E-state index contributed by atoms with van der Waals surface area (Å²) in [4.78, 5) is 0.109. The molecule has 4 nitrogen and oxygen atoms in total. The van der Waals surface area contributed by atoms with Crippen molar-refractivity contribution in [3.63, 3.8) is 0 Å². The molecule has 0 radical (unpaired) electrons. The van der Waals surface area contributed by atoms with Gasteiger partial charge in [-0.2, -0.15) is 0 Å². The Hall–Kier alpha value is -1.14. The zero-order chi connectivity index (χ0) is 15.6. The summed E-state index contributed by atoms with van der Waals surface area (Å²) in [6.45, 7) is 3.57. The summed E-state index contributed by atoms with van der Waals surface area (Å²) in [6, 6.07) is 1.18. The second-order valence-electron chi connectivity index (χ2n) is 5.90. The summed E-state index contributed by atoms with van der Waals surface area (Å²) >= 11 is 0. The van der Waals surface area contributed by atoms with E-state index in [1.54, 1.807) is 13.8 Å². The van der Waals surface area contributed by atoms with Crippen LogP contribution in [-0.2, 0) is 10.0 Å². The molecular formula is C15H23FN2O2S. The highest BCUT2D eigenvalue weighted by Crippen LogP contribution is 2.28. The van der Waals surface area contributed by atoms with Gasteiger partial charge in [0.05, 0.1) is 10.6 Å². The topological polar surface area (TPSA) is 72.2 Å².